The summed E-state index contributed by atoms with van der Waals surface area (Å²) >= 11 is 0. The topological polar surface area (TPSA) is 57.4 Å². The molecule has 2 heterocycles. The Labute approximate surface area is 172 Å². The first-order valence-corrected chi connectivity index (χ1v) is 10.4. The van der Waals surface area contributed by atoms with Crippen LogP contribution in [0.1, 0.15) is 36.3 Å². The predicted octanol–water partition coefficient (Wildman–Crippen LogP) is 3.91. The maximum atomic E-state index is 12.8. The Hall–Kier alpha value is -2.79. The molecule has 5 nitrogen and oxygen atoms in total. The smallest absolute Gasteiger partial charge is 0.220 e. The number of amides is 1. The molecule has 1 saturated heterocycles. The Morgan fingerprint density at radius 2 is 1.90 bits per heavy atom. The van der Waals surface area contributed by atoms with Gasteiger partial charge in [-0.2, -0.15) is 0 Å². The lowest BCUT2D eigenvalue weighted by Gasteiger charge is -2.19. The number of para-hydroxylation sites is 1. The molecule has 29 heavy (non-hydrogen) atoms. The number of likely N-dealkylation sites (tertiary alicyclic amines) is 1. The molecule has 1 aromatic heterocycles. The van der Waals surface area contributed by atoms with E-state index < -0.39 is 0 Å². The van der Waals surface area contributed by atoms with Crippen molar-refractivity contribution in [2.45, 2.75) is 25.2 Å². The highest BCUT2D eigenvalue weighted by atomic mass is 16.5. The molecule has 1 atom stereocenters. The molecule has 0 aliphatic carbocycles. The van der Waals surface area contributed by atoms with Gasteiger partial charge in [-0.1, -0.05) is 30.3 Å². The van der Waals surface area contributed by atoms with Gasteiger partial charge in [0.15, 0.2) is 0 Å². The normalized spacial score (nSPS) is 15.5. The molecule has 1 aliphatic heterocycles. The van der Waals surface area contributed by atoms with Crippen molar-refractivity contribution in [2.24, 2.45) is 0 Å². The fraction of sp³-hybridized carbons (Fsp3) is 0.375. The van der Waals surface area contributed by atoms with Crippen LogP contribution in [0.25, 0.3) is 10.9 Å². The van der Waals surface area contributed by atoms with E-state index in [0.29, 0.717) is 13.0 Å². The molecule has 0 spiro atoms. The van der Waals surface area contributed by atoms with Gasteiger partial charge in [0, 0.05) is 42.5 Å². The molecule has 3 aromatic rings. The van der Waals surface area contributed by atoms with Crippen molar-refractivity contribution in [2.75, 3.05) is 33.3 Å². The molecule has 4 rings (SSSR count). The highest BCUT2D eigenvalue weighted by molar-refractivity contribution is 5.86. The van der Waals surface area contributed by atoms with Gasteiger partial charge in [-0.15, -0.1) is 0 Å². The number of H-pyrrole nitrogens is 1. The van der Waals surface area contributed by atoms with Gasteiger partial charge in [-0.3, -0.25) is 4.79 Å². The number of carbonyl (C=O) groups is 1. The Balaban J connectivity index is 1.52. The van der Waals surface area contributed by atoms with E-state index in [2.05, 4.69) is 39.5 Å². The molecule has 1 fully saturated rings. The van der Waals surface area contributed by atoms with Crippen molar-refractivity contribution in [3.63, 3.8) is 0 Å². The van der Waals surface area contributed by atoms with Crippen molar-refractivity contribution >= 4 is 16.8 Å². The van der Waals surface area contributed by atoms with Crippen molar-refractivity contribution in [1.29, 1.82) is 0 Å². The van der Waals surface area contributed by atoms with E-state index in [-0.39, 0.29) is 11.8 Å². The van der Waals surface area contributed by atoms with Crippen LogP contribution in [0.4, 0.5) is 0 Å². The van der Waals surface area contributed by atoms with E-state index in [1.807, 2.05) is 30.5 Å². The number of benzene rings is 2. The van der Waals surface area contributed by atoms with Crippen LogP contribution in [0.5, 0.6) is 5.75 Å². The van der Waals surface area contributed by atoms with E-state index in [1.165, 1.54) is 12.8 Å². The molecule has 152 valence electrons. The standard InChI is InChI=1S/C24H29N3O2/c1-29-19-10-8-18(9-11-19)21(22-17-26-23-7-3-2-6-20(22)23)16-24(28)25-12-15-27-13-4-5-14-27/h2-3,6-11,17,21,26H,4-5,12-16H2,1H3,(H,25,28)/t21-/m1/s1. The van der Waals surface area contributed by atoms with Crippen LogP contribution in [0.3, 0.4) is 0 Å². The number of hydrogen-bond acceptors (Lipinski definition) is 3. The number of aromatic nitrogens is 1. The number of hydrogen-bond donors (Lipinski definition) is 2. The minimum Gasteiger partial charge on any atom is -0.497 e. The Kier molecular flexibility index (Phi) is 6.15. The molecule has 0 unspecified atom stereocenters. The monoisotopic (exact) mass is 391 g/mol. The Bertz CT molecular complexity index is 942. The second-order valence-corrected chi connectivity index (χ2v) is 7.72. The van der Waals surface area contributed by atoms with Crippen molar-refractivity contribution in [1.82, 2.24) is 15.2 Å². The van der Waals surface area contributed by atoms with E-state index in [4.69, 9.17) is 4.74 Å². The minimum absolute atomic E-state index is 0.0103. The van der Waals surface area contributed by atoms with Crippen LogP contribution >= 0.6 is 0 Å². The van der Waals surface area contributed by atoms with Crippen LogP contribution in [0.15, 0.2) is 54.7 Å². The number of nitrogens with one attached hydrogen (secondary N) is 2. The lowest BCUT2D eigenvalue weighted by atomic mass is 9.88. The molecule has 1 aliphatic rings. The second kappa shape index (κ2) is 9.14. The predicted molar refractivity (Wildman–Crippen MR) is 116 cm³/mol. The number of methoxy groups -OCH3 is 1. The fourth-order valence-corrected chi connectivity index (χ4v) is 4.24. The molecule has 0 saturated carbocycles. The zero-order valence-electron chi connectivity index (χ0n) is 17.0. The van der Waals surface area contributed by atoms with Gasteiger partial charge in [-0.25, -0.2) is 0 Å². The van der Waals surface area contributed by atoms with Crippen LogP contribution in [-0.4, -0.2) is 49.1 Å². The average Bonchev–Trinajstić information content (AvgIpc) is 3.42. The molecule has 0 bridgehead atoms. The largest absolute Gasteiger partial charge is 0.497 e. The molecule has 5 heteroatoms. The summed E-state index contributed by atoms with van der Waals surface area (Å²) in [6.07, 6.45) is 5.01. The van der Waals surface area contributed by atoms with Gasteiger partial charge in [0.25, 0.3) is 0 Å². The third kappa shape index (κ3) is 4.62. The summed E-state index contributed by atoms with van der Waals surface area (Å²) in [5.74, 6) is 0.903. The second-order valence-electron chi connectivity index (χ2n) is 7.72. The van der Waals surface area contributed by atoms with E-state index in [9.17, 15) is 4.79 Å². The Morgan fingerprint density at radius 3 is 2.66 bits per heavy atom. The molecular formula is C24H29N3O2. The van der Waals surface area contributed by atoms with Crippen LogP contribution in [0.2, 0.25) is 0 Å². The first-order valence-electron chi connectivity index (χ1n) is 10.4. The number of rotatable bonds is 8. The highest BCUT2D eigenvalue weighted by Crippen LogP contribution is 2.34. The molecule has 1 amide bonds. The first kappa shape index (κ1) is 19.5. The SMILES string of the molecule is COc1ccc([C@@H](CC(=O)NCCN2CCCC2)c2c[nH]c3ccccc23)cc1. The first-order chi connectivity index (χ1) is 14.2. The third-order valence-electron chi connectivity index (χ3n) is 5.85. The van der Waals surface area contributed by atoms with Crippen molar-refractivity contribution < 1.29 is 9.53 Å². The number of ether oxygens (including phenoxy) is 1. The summed E-state index contributed by atoms with van der Waals surface area (Å²) in [7, 11) is 1.67. The van der Waals surface area contributed by atoms with E-state index >= 15 is 0 Å². The summed E-state index contributed by atoms with van der Waals surface area (Å²) in [5, 5.41) is 4.29. The Morgan fingerprint density at radius 1 is 1.14 bits per heavy atom. The van der Waals surface area contributed by atoms with Gasteiger partial charge in [0.2, 0.25) is 5.91 Å². The minimum atomic E-state index is -0.0103. The van der Waals surface area contributed by atoms with Crippen LogP contribution in [0, 0.1) is 0 Å². The van der Waals surface area contributed by atoms with Gasteiger partial charge >= 0.3 is 0 Å². The van der Waals surface area contributed by atoms with Gasteiger partial charge < -0.3 is 19.9 Å². The van der Waals surface area contributed by atoms with Gasteiger partial charge in [0.05, 0.1) is 7.11 Å². The van der Waals surface area contributed by atoms with Crippen molar-refractivity contribution in [3.05, 3.63) is 65.9 Å². The number of carbonyl (C=O) groups excluding carboxylic acids is 1. The highest BCUT2D eigenvalue weighted by Gasteiger charge is 2.21. The van der Waals surface area contributed by atoms with Crippen LogP contribution in [-0.2, 0) is 4.79 Å². The average molecular weight is 392 g/mol. The van der Waals surface area contributed by atoms with Gasteiger partial charge in [-0.05, 0) is 55.3 Å². The fourth-order valence-electron chi connectivity index (χ4n) is 4.24. The van der Waals surface area contributed by atoms with Crippen molar-refractivity contribution in [3.8, 4) is 5.75 Å². The molecule has 0 radical (unpaired) electrons. The summed E-state index contributed by atoms with van der Waals surface area (Å²) < 4.78 is 5.30. The zero-order valence-corrected chi connectivity index (χ0v) is 17.0. The summed E-state index contributed by atoms with van der Waals surface area (Å²) in [6.45, 7) is 3.95. The summed E-state index contributed by atoms with van der Waals surface area (Å²) in [6, 6.07) is 16.3. The van der Waals surface area contributed by atoms with E-state index in [1.54, 1.807) is 7.11 Å². The number of nitrogens with zero attached hydrogens (tertiary/aromatic N) is 1. The van der Waals surface area contributed by atoms with Crippen LogP contribution < -0.4 is 10.1 Å². The lowest BCUT2D eigenvalue weighted by molar-refractivity contribution is -0.121. The maximum Gasteiger partial charge on any atom is 0.220 e. The quantitative estimate of drug-likeness (QED) is 0.612. The number of aromatic amines is 1. The summed E-state index contributed by atoms with van der Waals surface area (Å²) in [5.41, 5.74) is 3.36. The van der Waals surface area contributed by atoms with Gasteiger partial charge in [0.1, 0.15) is 5.75 Å². The summed E-state index contributed by atoms with van der Waals surface area (Å²) in [4.78, 5) is 18.6. The lowest BCUT2D eigenvalue weighted by Crippen LogP contribution is -2.34. The van der Waals surface area contributed by atoms with E-state index in [0.717, 1.165) is 47.4 Å². The third-order valence-corrected chi connectivity index (χ3v) is 5.85. The zero-order chi connectivity index (χ0) is 20.1. The molecule has 2 aromatic carbocycles. The maximum absolute atomic E-state index is 12.8. The molecular weight excluding hydrogens is 362 g/mol. The number of fused-ring (bicyclic) bond motifs is 1. The molecule has 2 N–H and O–H groups in total.